The predicted molar refractivity (Wildman–Crippen MR) is 92.3 cm³/mol. The summed E-state index contributed by atoms with van der Waals surface area (Å²) in [7, 11) is 1.08. The molecule has 124 valence electrons. The Labute approximate surface area is 145 Å². The van der Waals surface area contributed by atoms with E-state index in [0.29, 0.717) is 11.5 Å². The van der Waals surface area contributed by atoms with Crippen LogP contribution in [0.5, 0.6) is 11.5 Å². The Morgan fingerprint density at radius 3 is 2.26 bits per heavy atom. The summed E-state index contributed by atoms with van der Waals surface area (Å²) >= 11 is 3.30. The molecule has 0 aromatic heterocycles. The van der Waals surface area contributed by atoms with E-state index in [0.717, 1.165) is 10.0 Å². The van der Waals surface area contributed by atoms with E-state index >= 15 is 0 Å². The van der Waals surface area contributed by atoms with Crippen LogP contribution in [0.25, 0.3) is 0 Å². The molecule has 0 radical (unpaired) electrons. The van der Waals surface area contributed by atoms with Crippen LogP contribution in [-0.2, 0) is 16.6 Å². The van der Waals surface area contributed by atoms with E-state index in [1.807, 2.05) is 0 Å². The van der Waals surface area contributed by atoms with Crippen LogP contribution < -0.4 is 9.47 Å². The van der Waals surface area contributed by atoms with Gasteiger partial charge < -0.3 is 9.47 Å². The van der Waals surface area contributed by atoms with Crippen LogP contribution in [0.2, 0.25) is 0 Å². The SMILES string of the molecule is COc1ccc(CN(C)S(=O)(=O)c2ccc(Br)cc2)c(OC)c1. The van der Waals surface area contributed by atoms with E-state index in [1.165, 1.54) is 4.31 Å². The quantitative estimate of drug-likeness (QED) is 0.747. The molecule has 0 heterocycles. The highest BCUT2D eigenvalue weighted by Crippen LogP contribution is 2.27. The molecule has 2 aromatic carbocycles. The van der Waals surface area contributed by atoms with Crippen molar-refractivity contribution in [3.05, 3.63) is 52.5 Å². The lowest BCUT2D eigenvalue weighted by atomic mass is 10.2. The number of halogens is 1. The number of ether oxygens (including phenoxy) is 2. The van der Waals surface area contributed by atoms with Crippen LogP contribution in [-0.4, -0.2) is 34.0 Å². The van der Waals surface area contributed by atoms with Crippen LogP contribution in [0.1, 0.15) is 5.56 Å². The first-order chi connectivity index (χ1) is 10.9. The summed E-state index contributed by atoms with van der Waals surface area (Å²) in [5.74, 6) is 1.24. The lowest BCUT2D eigenvalue weighted by molar-refractivity contribution is 0.384. The molecule has 23 heavy (non-hydrogen) atoms. The van der Waals surface area contributed by atoms with Gasteiger partial charge in [-0.05, 0) is 30.3 Å². The van der Waals surface area contributed by atoms with Crippen molar-refractivity contribution < 1.29 is 17.9 Å². The second-order valence-electron chi connectivity index (χ2n) is 4.89. The van der Waals surface area contributed by atoms with Crippen LogP contribution in [0, 0.1) is 0 Å². The normalized spacial score (nSPS) is 11.5. The minimum atomic E-state index is -3.57. The Morgan fingerprint density at radius 2 is 1.70 bits per heavy atom. The van der Waals surface area contributed by atoms with Crippen molar-refractivity contribution in [1.82, 2.24) is 4.31 Å². The van der Waals surface area contributed by atoms with Gasteiger partial charge in [0.2, 0.25) is 10.0 Å². The molecule has 0 atom stereocenters. The maximum atomic E-state index is 12.6. The van der Waals surface area contributed by atoms with Crippen LogP contribution in [0.4, 0.5) is 0 Å². The summed E-state index contributed by atoms with van der Waals surface area (Å²) in [6, 6.07) is 11.9. The Morgan fingerprint density at radius 1 is 1.04 bits per heavy atom. The van der Waals surface area contributed by atoms with Gasteiger partial charge in [0.15, 0.2) is 0 Å². The third-order valence-corrected chi connectivity index (χ3v) is 5.76. The van der Waals surface area contributed by atoms with Crippen LogP contribution in [0.15, 0.2) is 51.8 Å². The van der Waals surface area contributed by atoms with Gasteiger partial charge in [-0.3, -0.25) is 0 Å². The molecule has 0 aliphatic carbocycles. The summed E-state index contributed by atoms with van der Waals surface area (Å²) in [4.78, 5) is 0.246. The topological polar surface area (TPSA) is 55.8 Å². The van der Waals surface area contributed by atoms with Crippen molar-refractivity contribution in [3.63, 3.8) is 0 Å². The van der Waals surface area contributed by atoms with Crippen molar-refractivity contribution >= 4 is 26.0 Å². The van der Waals surface area contributed by atoms with Crippen molar-refractivity contribution in [2.24, 2.45) is 0 Å². The number of benzene rings is 2. The predicted octanol–water partition coefficient (Wildman–Crippen LogP) is 3.29. The summed E-state index contributed by atoms with van der Waals surface area (Å²) in [6.07, 6.45) is 0. The maximum absolute atomic E-state index is 12.6. The van der Waals surface area contributed by atoms with E-state index in [9.17, 15) is 8.42 Å². The summed E-state index contributed by atoms with van der Waals surface area (Å²) < 4.78 is 37.8. The third kappa shape index (κ3) is 4.04. The number of hydrogen-bond donors (Lipinski definition) is 0. The van der Waals surface area contributed by atoms with Gasteiger partial charge in [-0.2, -0.15) is 4.31 Å². The monoisotopic (exact) mass is 399 g/mol. The fourth-order valence-corrected chi connectivity index (χ4v) is 3.51. The van der Waals surface area contributed by atoms with Gasteiger partial charge in [0.1, 0.15) is 11.5 Å². The molecule has 5 nitrogen and oxygen atoms in total. The van der Waals surface area contributed by atoms with Gasteiger partial charge >= 0.3 is 0 Å². The van der Waals surface area contributed by atoms with Gasteiger partial charge in [0, 0.05) is 29.7 Å². The number of methoxy groups -OCH3 is 2. The van der Waals surface area contributed by atoms with E-state index in [-0.39, 0.29) is 11.4 Å². The number of nitrogens with zero attached hydrogens (tertiary/aromatic N) is 1. The van der Waals surface area contributed by atoms with E-state index in [2.05, 4.69) is 15.9 Å². The molecule has 0 aliphatic rings. The van der Waals surface area contributed by atoms with Gasteiger partial charge in [0.25, 0.3) is 0 Å². The molecule has 0 amide bonds. The highest BCUT2D eigenvalue weighted by atomic mass is 79.9. The van der Waals surface area contributed by atoms with Gasteiger partial charge in [0.05, 0.1) is 19.1 Å². The van der Waals surface area contributed by atoms with Crippen molar-refractivity contribution in [3.8, 4) is 11.5 Å². The van der Waals surface area contributed by atoms with Crippen molar-refractivity contribution in [2.45, 2.75) is 11.4 Å². The Kier molecular flexibility index (Phi) is 5.67. The summed E-state index contributed by atoms with van der Waals surface area (Å²) in [5.41, 5.74) is 0.761. The molecule has 7 heteroatoms. The average molecular weight is 400 g/mol. The fraction of sp³-hybridized carbons (Fsp3) is 0.250. The fourth-order valence-electron chi connectivity index (χ4n) is 2.09. The van der Waals surface area contributed by atoms with E-state index in [4.69, 9.17) is 9.47 Å². The highest BCUT2D eigenvalue weighted by Gasteiger charge is 2.22. The summed E-state index contributed by atoms with van der Waals surface area (Å²) in [6.45, 7) is 0.200. The first kappa shape index (κ1) is 17.8. The molecular formula is C16H18BrNO4S. The van der Waals surface area contributed by atoms with Gasteiger partial charge in [-0.1, -0.05) is 22.0 Å². The van der Waals surface area contributed by atoms with E-state index in [1.54, 1.807) is 63.7 Å². The molecule has 0 aliphatic heterocycles. The highest BCUT2D eigenvalue weighted by molar-refractivity contribution is 9.10. The Hall–Kier alpha value is -1.57. The molecule has 0 spiro atoms. The lowest BCUT2D eigenvalue weighted by Crippen LogP contribution is -2.26. The molecule has 2 aromatic rings. The second kappa shape index (κ2) is 7.33. The standard InChI is InChI=1S/C16H18BrNO4S/c1-18(23(19,20)15-8-5-13(17)6-9-15)11-12-4-7-14(21-2)10-16(12)22-3/h4-10H,11H2,1-3H3. The maximum Gasteiger partial charge on any atom is 0.243 e. The zero-order valence-electron chi connectivity index (χ0n) is 13.1. The molecule has 0 fully saturated rings. The zero-order valence-corrected chi connectivity index (χ0v) is 15.5. The molecule has 0 unspecified atom stereocenters. The van der Waals surface area contributed by atoms with E-state index < -0.39 is 10.0 Å². The van der Waals surface area contributed by atoms with Crippen molar-refractivity contribution in [1.29, 1.82) is 0 Å². The lowest BCUT2D eigenvalue weighted by Gasteiger charge is -2.19. The second-order valence-corrected chi connectivity index (χ2v) is 7.85. The van der Waals surface area contributed by atoms with Crippen LogP contribution >= 0.6 is 15.9 Å². The smallest absolute Gasteiger partial charge is 0.243 e. The third-order valence-electron chi connectivity index (χ3n) is 3.41. The van der Waals surface area contributed by atoms with Crippen molar-refractivity contribution in [2.75, 3.05) is 21.3 Å². The first-order valence-electron chi connectivity index (χ1n) is 6.81. The number of sulfonamides is 1. The summed E-state index contributed by atoms with van der Waals surface area (Å²) in [5, 5.41) is 0. The zero-order chi connectivity index (χ0) is 17.0. The largest absolute Gasteiger partial charge is 0.497 e. The molecular weight excluding hydrogens is 382 g/mol. The Balaban J connectivity index is 2.27. The van der Waals surface area contributed by atoms with Gasteiger partial charge in [-0.25, -0.2) is 8.42 Å². The van der Waals surface area contributed by atoms with Gasteiger partial charge in [-0.15, -0.1) is 0 Å². The average Bonchev–Trinajstić information content (AvgIpc) is 2.55. The minimum Gasteiger partial charge on any atom is -0.497 e. The molecule has 2 rings (SSSR count). The minimum absolute atomic E-state index is 0.200. The molecule has 0 saturated heterocycles. The van der Waals surface area contributed by atoms with Crippen LogP contribution in [0.3, 0.4) is 0 Å². The number of rotatable bonds is 6. The Bertz CT molecular complexity index is 775. The molecule has 0 saturated carbocycles. The first-order valence-corrected chi connectivity index (χ1v) is 9.04. The number of hydrogen-bond acceptors (Lipinski definition) is 4. The molecule has 0 N–H and O–H groups in total. The molecule has 0 bridgehead atoms.